The van der Waals surface area contributed by atoms with E-state index < -0.39 is 0 Å². The summed E-state index contributed by atoms with van der Waals surface area (Å²) in [7, 11) is 0. The van der Waals surface area contributed by atoms with Gasteiger partial charge in [0.25, 0.3) is 0 Å². The Morgan fingerprint density at radius 1 is 1.00 bits per heavy atom. The molecule has 1 unspecified atom stereocenters. The molecule has 19 heavy (non-hydrogen) atoms. The van der Waals surface area contributed by atoms with Gasteiger partial charge in [-0.1, -0.05) is 52.9 Å². The lowest BCUT2D eigenvalue weighted by Gasteiger charge is -2.18. The summed E-state index contributed by atoms with van der Waals surface area (Å²) in [4.78, 5) is 0. The van der Waals surface area contributed by atoms with Crippen LogP contribution in [-0.4, -0.2) is 25.9 Å². The summed E-state index contributed by atoms with van der Waals surface area (Å²) in [6.07, 6.45) is 10.2. The average Bonchev–Trinajstić information content (AvgIpc) is 2.38. The van der Waals surface area contributed by atoms with E-state index in [2.05, 4.69) is 26.1 Å². The zero-order chi connectivity index (χ0) is 14.3. The summed E-state index contributed by atoms with van der Waals surface area (Å²) in [6, 6.07) is 0. The van der Waals surface area contributed by atoms with Crippen LogP contribution in [-0.2, 0) is 4.74 Å². The molecular formula is C16H36N2O. The molecule has 0 aliphatic heterocycles. The molecule has 0 rings (SSSR count). The Bertz CT molecular complexity index is 174. The number of nitrogens with two attached hydrogens (primary N) is 1. The second-order valence-corrected chi connectivity index (χ2v) is 5.84. The first-order chi connectivity index (χ1) is 9.20. The van der Waals surface area contributed by atoms with Crippen LogP contribution in [0.2, 0.25) is 0 Å². The highest BCUT2D eigenvalue weighted by atomic mass is 16.5. The van der Waals surface area contributed by atoms with Crippen LogP contribution in [0.15, 0.2) is 0 Å². The minimum atomic E-state index is 0.158. The molecule has 0 bridgehead atoms. The van der Waals surface area contributed by atoms with Crippen LogP contribution in [0.25, 0.3) is 0 Å². The van der Waals surface area contributed by atoms with Crippen molar-refractivity contribution in [1.29, 1.82) is 0 Å². The van der Waals surface area contributed by atoms with Gasteiger partial charge in [-0.3, -0.25) is 5.32 Å². The Labute approximate surface area is 120 Å². The van der Waals surface area contributed by atoms with Crippen LogP contribution in [0.1, 0.15) is 72.1 Å². The molecule has 116 valence electrons. The van der Waals surface area contributed by atoms with Gasteiger partial charge in [-0.25, -0.2) is 0 Å². The smallest absolute Gasteiger partial charge is 0.109 e. The van der Waals surface area contributed by atoms with Crippen LogP contribution in [0.5, 0.6) is 0 Å². The quantitative estimate of drug-likeness (QED) is 0.374. The van der Waals surface area contributed by atoms with E-state index in [1.807, 2.05) is 0 Å². The van der Waals surface area contributed by atoms with Gasteiger partial charge in [0.1, 0.15) is 6.23 Å². The second-order valence-electron chi connectivity index (χ2n) is 5.84. The maximum Gasteiger partial charge on any atom is 0.109 e. The highest BCUT2D eigenvalue weighted by Gasteiger charge is 2.05. The molecule has 0 aromatic rings. The molecule has 0 spiro atoms. The zero-order valence-corrected chi connectivity index (χ0v) is 13.4. The van der Waals surface area contributed by atoms with Gasteiger partial charge in [0, 0.05) is 6.61 Å². The van der Waals surface area contributed by atoms with Crippen LogP contribution < -0.4 is 11.1 Å². The van der Waals surface area contributed by atoms with Crippen LogP contribution >= 0.6 is 0 Å². The Hall–Kier alpha value is -0.120. The lowest BCUT2D eigenvalue weighted by Crippen LogP contribution is -2.34. The SMILES string of the molecule is CCCNC(CCN)OCCCCCCCC(C)C. The van der Waals surface area contributed by atoms with Crippen molar-refractivity contribution in [3.63, 3.8) is 0 Å². The maximum atomic E-state index is 5.84. The molecule has 1 atom stereocenters. The first-order valence-corrected chi connectivity index (χ1v) is 8.25. The van der Waals surface area contributed by atoms with Crippen molar-refractivity contribution < 1.29 is 4.74 Å². The minimum absolute atomic E-state index is 0.158. The summed E-state index contributed by atoms with van der Waals surface area (Å²) < 4.78 is 5.84. The van der Waals surface area contributed by atoms with E-state index in [9.17, 15) is 0 Å². The highest BCUT2D eigenvalue weighted by molar-refractivity contribution is 4.56. The van der Waals surface area contributed by atoms with E-state index in [1.54, 1.807) is 0 Å². The Morgan fingerprint density at radius 3 is 2.32 bits per heavy atom. The van der Waals surface area contributed by atoms with Crippen molar-refractivity contribution >= 4 is 0 Å². The molecule has 0 saturated carbocycles. The molecule has 0 aromatic carbocycles. The monoisotopic (exact) mass is 272 g/mol. The molecule has 0 amide bonds. The number of rotatable bonds is 14. The Kier molecular flexibility index (Phi) is 14.2. The molecule has 0 aromatic heterocycles. The van der Waals surface area contributed by atoms with E-state index in [0.29, 0.717) is 6.54 Å². The third-order valence-electron chi connectivity index (χ3n) is 3.30. The molecule has 3 nitrogen and oxygen atoms in total. The summed E-state index contributed by atoms with van der Waals surface area (Å²) in [6.45, 7) is 9.34. The van der Waals surface area contributed by atoms with Gasteiger partial charge in [-0.05, 0) is 38.3 Å². The summed E-state index contributed by atoms with van der Waals surface area (Å²) in [5, 5.41) is 3.39. The number of unbranched alkanes of at least 4 members (excludes halogenated alkanes) is 4. The zero-order valence-electron chi connectivity index (χ0n) is 13.4. The average molecular weight is 272 g/mol. The minimum Gasteiger partial charge on any atom is -0.363 e. The summed E-state index contributed by atoms with van der Waals surface area (Å²) in [5.74, 6) is 0.852. The molecule has 3 N–H and O–H groups in total. The maximum absolute atomic E-state index is 5.84. The molecule has 0 radical (unpaired) electrons. The lowest BCUT2D eigenvalue weighted by atomic mass is 10.0. The fraction of sp³-hybridized carbons (Fsp3) is 1.00. The highest BCUT2D eigenvalue weighted by Crippen LogP contribution is 2.10. The van der Waals surface area contributed by atoms with E-state index in [1.165, 1.54) is 38.5 Å². The number of hydrogen-bond donors (Lipinski definition) is 2. The fourth-order valence-electron chi connectivity index (χ4n) is 2.11. The lowest BCUT2D eigenvalue weighted by molar-refractivity contribution is 0.0236. The van der Waals surface area contributed by atoms with Crippen LogP contribution in [0.4, 0.5) is 0 Å². The van der Waals surface area contributed by atoms with Crippen molar-refractivity contribution in [2.75, 3.05) is 19.7 Å². The molecule has 3 heteroatoms. The van der Waals surface area contributed by atoms with Crippen molar-refractivity contribution in [3.05, 3.63) is 0 Å². The molecular weight excluding hydrogens is 236 g/mol. The Balaban J connectivity index is 3.34. The molecule has 0 fully saturated rings. The van der Waals surface area contributed by atoms with E-state index >= 15 is 0 Å². The fourth-order valence-corrected chi connectivity index (χ4v) is 2.11. The van der Waals surface area contributed by atoms with Gasteiger partial charge >= 0.3 is 0 Å². The van der Waals surface area contributed by atoms with Crippen LogP contribution in [0, 0.1) is 5.92 Å². The first-order valence-electron chi connectivity index (χ1n) is 8.25. The van der Waals surface area contributed by atoms with Gasteiger partial charge in [-0.15, -0.1) is 0 Å². The first kappa shape index (κ1) is 18.9. The van der Waals surface area contributed by atoms with Crippen molar-refractivity contribution in [3.8, 4) is 0 Å². The van der Waals surface area contributed by atoms with Gasteiger partial charge < -0.3 is 10.5 Å². The second kappa shape index (κ2) is 14.3. The Morgan fingerprint density at radius 2 is 1.68 bits per heavy atom. The topological polar surface area (TPSA) is 47.3 Å². The van der Waals surface area contributed by atoms with Gasteiger partial charge in [0.05, 0.1) is 0 Å². The van der Waals surface area contributed by atoms with Crippen LogP contribution in [0.3, 0.4) is 0 Å². The third kappa shape index (κ3) is 14.1. The predicted molar refractivity (Wildman–Crippen MR) is 84.2 cm³/mol. The number of hydrogen-bond acceptors (Lipinski definition) is 3. The standard InChI is InChI=1S/C16H36N2O/c1-4-13-18-16(11-12-17)19-14-9-7-5-6-8-10-15(2)3/h15-16,18H,4-14,17H2,1-3H3. The molecule has 0 aliphatic carbocycles. The largest absolute Gasteiger partial charge is 0.363 e. The van der Waals surface area contributed by atoms with E-state index in [-0.39, 0.29) is 6.23 Å². The summed E-state index contributed by atoms with van der Waals surface area (Å²) in [5.41, 5.74) is 5.59. The van der Waals surface area contributed by atoms with Crippen molar-refractivity contribution in [2.24, 2.45) is 11.7 Å². The third-order valence-corrected chi connectivity index (χ3v) is 3.30. The van der Waals surface area contributed by atoms with Gasteiger partial charge in [0.2, 0.25) is 0 Å². The number of ether oxygens (including phenoxy) is 1. The van der Waals surface area contributed by atoms with Crippen molar-refractivity contribution in [2.45, 2.75) is 78.4 Å². The van der Waals surface area contributed by atoms with Gasteiger partial charge in [0.15, 0.2) is 0 Å². The normalized spacial score (nSPS) is 13.1. The van der Waals surface area contributed by atoms with Crippen molar-refractivity contribution in [1.82, 2.24) is 5.32 Å². The molecule has 0 heterocycles. The van der Waals surface area contributed by atoms with E-state index in [0.717, 1.165) is 31.9 Å². The van der Waals surface area contributed by atoms with E-state index in [4.69, 9.17) is 10.5 Å². The number of nitrogens with one attached hydrogen (secondary N) is 1. The molecule has 0 saturated heterocycles. The molecule has 0 aliphatic rings. The summed E-state index contributed by atoms with van der Waals surface area (Å²) >= 11 is 0. The predicted octanol–water partition coefficient (Wildman–Crippen LogP) is 3.67. The van der Waals surface area contributed by atoms with Gasteiger partial charge in [-0.2, -0.15) is 0 Å².